The van der Waals surface area contributed by atoms with E-state index in [4.69, 9.17) is 0 Å². The number of hydrogen-bond acceptors (Lipinski definition) is 2. The van der Waals surface area contributed by atoms with Gasteiger partial charge in [-0.05, 0) is 61.6 Å². The van der Waals surface area contributed by atoms with Gasteiger partial charge in [-0.2, -0.15) is 0 Å². The van der Waals surface area contributed by atoms with Crippen LogP contribution in [0.25, 0.3) is 0 Å². The van der Waals surface area contributed by atoms with Gasteiger partial charge in [0.25, 0.3) is 0 Å². The van der Waals surface area contributed by atoms with Crippen molar-refractivity contribution >= 4 is 18.8 Å². The topological polar surface area (TPSA) is 32.3 Å². The third-order valence-corrected chi connectivity index (χ3v) is 4.69. The Hall–Kier alpha value is -1.16. The van der Waals surface area contributed by atoms with E-state index in [2.05, 4.69) is 43.3 Å². The Morgan fingerprint density at radius 2 is 2.24 bits per heavy atom. The van der Waals surface area contributed by atoms with Crippen molar-refractivity contribution in [1.82, 2.24) is 9.62 Å². The van der Waals surface area contributed by atoms with Crippen molar-refractivity contribution in [3.8, 4) is 0 Å². The van der Waals surface area contributed by atoms with Crippen LogP contribution in [0.3, 0.4) is 0 Å². The minimum Gasteiger partial charge on any atom is -0.338 e. The van der Waals surface area contributed by atoms with Gasteiger partial charge in [0, 0.05) is 13.1 Å². The zero-order chi connectivity index (χ0) is 15.2. The van der Waals surface area contributed by atoms with Gasteiger partial charge in [0.15, 0.2) is 0 Å². The van der Waals surface area contributed by atoms with Crippen LogP contribution in [0.4, 0.5) is 4.79 Å². The van der Waals surface area contributed by atoms with E-state index in [0.29, 0.717) is 19.0 Å². The number of amides is 2. The maximum Gasteiger partial charge on any atom is 0.327 e. The molecule has 0 radical (unpaired) electrons. The van der Waals surface area contributed by atoms with Gasteiger partial charge in [-0.15, -0.1) is 0 Å². The first-order chi connectivity index (χ1) is 10.2. The number of aryl methyl sites for hydroxylation is 2. The number of nitrogens with one attached hydrogen (secondary N) is 1. The van der Waals surface area contributed by atoms with Crippen LogP contribution in [0, 0.1) is 0 Å². The average Bonchev–Trinajstić information content (AvgIpc) is 2.52. The van der Waals surface area contributed by atoms with E-state index in [-0.39, 0.29) is 6.03 Å². The number of carbonyl (C=O) groups is 1. The molecular formula is C17H26N2OS. The summed E-state index contributed by atoms with van der Waals surface area (Å²) in [6.45, 7) is 5.45. The zero-order valence-corrected chi connectivity index (χ0v) is 14.0. The molecule has 0 bridgehead atoms. The molecule has 0 fully saturated rings. The lowest BCUT2D eigenvalue weighted by atomic mass is 9.80. The smallest absolute Gasteiger partial charge is 0.327 e. The Bertz CT molecular complexity index is 490. The second kappa shape index (κ2) is 7.74. The SMILES string of the molecule is CCNC(=O)N(S)CCC1CCCc2ccc(CC)cc21. The van der Waals surface area contributed by atoms with E-state index < -0.39 is 0 Å². The molecule has 1 unspecified atom stereocenters. The average molecular weight is 306 g/mol. The molecule has 0 heterocycles. The fraction of sp³-hybridized carbons (Fsp3) is 0.588. The first-order valence-corrected chi connectivity index (χ1v) is 8.41. The number of rotatable bonds is 5. The lowest BCUT2D eigenvalue weighted by Crippen LogP contribution is -2.34. The Balaban J connectivity index is 2.01. The Morgan fingerprint density at radius 3 is 2.95 bits per heavy atom. The molecule has 1 N–H and O–H groups in total. The van der Waals surface area contributed by atoms with E-state index in [0.717, 1.165) is 12.8 Å². The molecule has 1 aromatic carbocycles. The molecule has 1 aliphatic carbocycles. The van der Waals surface area contributed by atoms with Crippen LogP contribution in [0.5, 0.6) is 0 Å². The van der Waals surface area contributed by atoms with Crippen molar-refractivity contribution in [2.45, 2.75) is 51.9 Å². The number of carbonyl (C=O) groups excluding carboxylic acids is 1. The Morgan fingerprint density at radius 1 is 1.43 bits per heavy atom. The number of urea groups is 1. The van der Waals surface area contributed by atoms with Gasteiger partial charge in [0.1, 0.15) is 0 Å². The van der Waals surface area contributed by atoms with E-state index in [1.54, 1.807) is 0 Å². The second-order valence-corrected chi connectivity index (χ2v) is 6.21. The molecule has 4 heteroatoms. The summed E-state index contributed by atoms with van der Waals surface area (Å²) in [7, 11) is 0. The van der Waals surface area contributed by atoms with Gasteiger partial charge in [-0.3, -0.25) is 4.31 Å². The number of benzene rings is 1. The van der Waals surface area contributed by atoms with Crippen molar-refractivity contribution in [1.29, 1.82) is 0 Å². The van der Waals surface area contributed by atoms with Crippen LogP contribution in [0.2, 0.25) is 0 Å². The van der Waals surface area contributed by atoms with Crippen LogP contribution >= 0.6 is 12.8 Å². The van der Waals surface area contributed by atoms with Gasteiger partial charge in [0.2, 0.25) is 0 Å². The number of fused-ring (bicyclic) bond motifs is 1. The zero-order valence-electron chi connectivity index (χ0n) is 13.1. The predicted molar refractivity (Wildman–Crippen MR) is 90.9 cm³/mol. The predicted octanol–water partition coefficient (Wildman–Crippen LogP) is 3.94. The summed E-state index contributed by atoms with van der Waals surface area (Å²) in [5.41, 5.74) is 4.40. The highest BCUT2D eigenvalue weighted by atomic mass is 32.1. The van der Waals surface area contributed by atoms with Crippen molar-refractivity contribution < 1.29 is 4.79 Å². The molecule has 21 heavy (non-hydrogen) atoms. The van der Waals surface area contributed by atoms with E-state index in [9.17, 15) is 4.79 Å². The van der Waals surface area contributed by atoms with Crippen molar-refractivity contribution in [2.24, 2.45) is 0 Å². The minimum atomic E-state index is -0.0980. The quantitative estimate of drug-likeness (QED) is 0.794. The van der Waals surface area contributed by atoms with Crippen LogP contribution in [0.1, 0.15) is 55.7 Å². The Kier molecular flexibility index (Phi) is 5.97. The van der Waals surface area contributed by atoms with Crippen molar-refractivity contribution in [2.75, 3.05) is 13.1 Å². The molecule has 0 spiro atoms. The first kappa shape index (κ1) is 16.2. The van der Waals surface area contributed by atoms with Crippen LogP contribution in [0.15, 0.2) is 18.2 Å². The summed E-state index contributed by atoms with van der Waals surface area (Å²) in [5.74, 6) is 0.560. The second-order valence-electron chi connectivity index (χ2n) is 5.72. The molecule has 2 rings (SSSR count). The highest BCUT2D eigenvalue weighted by Crippen LogP contribution is 2.34. The maximum absolute atomic E-state index is 11.7. The number of thiol groups is 1. The molecule has 1 atom stereocenters. The van der Waals surface area contributed by atoms with Gasteiger partial charge >= 0.3 is 6.03 Å². The van der Waals surface area contributed by atoms with Gasteiger partial charge in [0.05, 0.1) is 0 Å². The minimum absolute atomic E-state index is 0.0980. The summed E-state index contributed by atoms with van der Waals surface area (Å²) in [6, 6.07) is 6.82. The van der Waals surface area contributed by atoms with E-state index in [1.807, 2.05) is 6.92 Å². The molecule has 116 valence electrons. The highest BCUT2D eigenvalue weighted by molar-refractivity contribution is 7.78. The third kappa shape index (κ3) is 4.16. The molecule has 2 amide bonds. The van der Waals surface area contributed by atoms with Crippen LogP contribution < -0.4 is 5.32 Å². The van der Waals surface area contributed by atoms with Crippen LogP contribution in [-0.2, 0) is 12.8 Å². The van der Waals surface area contributed by atoms with Crippen LogP contribution in [-0.4, -0.2) is 23.4 Å². The summed E-state index contributed by atoms with van der Waals surface area (Å²) in [6.07, 6.45) is 5.73. The third-order valence-electron chi connectivity index (χ3n) is 4.31. The first-order valence-electron chi connectivity index (χ1n) is 8.01. The fourth-order valence-electron chi connectivity index (χ4n) is 3.09. The summed E-state index contributed by atoms with van der Waals surface area (Å²) < 4.78 is 1.50. The molecule has 0 aromatic heterocycles. The molecule has 3 nitrogen and oxygen atoms in total. The summed E-state index contributed by atoms with van der Waals surface area (Å²) in [4.78, 5) is 11.7. The van der Waals surface area contributed by atoms with Gasteiger partial charge < -0.3 is 5.32 Å². The number of hydrogen-bond donors (Lipinski definition) is 2. The fourth-order valence-corrected chi connectivity index (χ4v) is 3.27. The number of nitrogens with zero attached hydrogens (tertiary/aromatic N) is 1. The van der Waals surface area contributed by atoms with E-state index >= 15 is 0 Å². The van der Waals surface area contributed by atoms with E-state index in [1.165, 1.54) is 40.3 Å². The normalized spacial score (nSPS) is 17.2. The monoisotopic (exact) mass is 306 g/mol. The van der Waals surface area contributed by atoms with Gasteiger partial charge in [-0.25, -0.2) is 4.79 Å². The molecule has 0 aliphatic heterocycles. The standard InChI is InChI=1S/C17H26N2OS/c1-3-13-8-9-14-6-5-7-15(16(14)12-13)10-11-19(21)17(20)18-4-2/h8-9,12,15,21H,3-7,10-11H2,1-2H3,(H,18,20). The molecular weight excluding hydrogens is 280 g/mol. The lowest BCUT2D eigenvalue weighted by molar-refractivity contribution is 0.225. The maximum atomic E-state index is 11.7. The lowest BCUT2D eigenvalue weighted by Gasteiger charge is -2.27. The molecule has 0 saturated heterocycles. The van der Waals surface area contributed by atoms with Crippen molar-refractivity contribution in [3.63, 3.8) is 0 Å². The van der Waals surface area contributed by atoms with Crippen molar-refractivity contribution in [3.05, 3.63) is 34.9 Å². The molecule has 1 aromatic rings. The Labute approximate surface area is 133 Å². The van der Waals surface area contributed by atoms with Gasteiger partial charge in [-0.1, -0.05) is 37.9 Å². The summed E-state index contributed by atoms with van der Waals surface area (Å²) >= 11 is 4.29. The molecule has 1 aliphatic rings. The largest absolute Gasteiger partial charge is 0.338 e. The highest BCUT2D eigenvalue weighted by Gasteiger charge is 2.21. The molecule has 0 saturated carbocycles. The summed E-state index contributed by atoms with van der Waals surface area (Å²) in [5, 5.41) is 2.78.